The average molecular weight is 357 g/mol. The summed E-state index contributed by atoms with van der Waals surface area (Å²) >= 11 is 1.78. The Morgan fingerprint density at radius 2 is 1.88 bits per heavy atom. The molecule has 6 heteroatoms. The zero-order valence-corrected chi connectivity index (χ0v) is 15.4. The second kappa shape index (κ2) is 7.80. The lowest BCUT2D eigenvalue weighted by Gasteiger charge is -2.37. The average Bonchev–Trinajstić information content (AvgIpc) is 3.15. The van der Waals surface area contributed by atoms with E-state index < -0.39 is 0 Å². The third-order valence-electron chi connectivity index (χ3n) is 4.53. The lowest BCUT2D eigenvalue weighted by Crippen LogP contribution is -2.49. The smallest absolute Gasteiger partial charge is 0.254 e. The van der Waals surface area contributed by atoms with Gasteiger partial charge < -0.3 is 10.2 Å². The fourth-order valence-corrected chi connectivity index (χ4v) is 3.95. The third kappa shape index (κ3) is 4.27. The van der Waals surface area contributed by atoms with Gasteiger partial charge in [-0.3, -0.25) is 14.5 Å². The summed E-state index contributed by atoms with van der Waals surface area (Å²) in [5, 5.41) is 4.83. The highest BCUT2D eigenvalue weighted by atomic mass is 32.1. The Morgan fingerprint density at radius 1 is 1.12 bits per heavy atom. The summed E-state index contributed by atoms with van der Waals surface area (Å²) < 4.78 is 0. The van der Waals surface area contributed by atoms with Crippen LogP contribution in [0.5, 0.6) is 0 Å². The van der Waals surface area contributed by atoms with Crippen LogP contribution in [0.15, 0.2) is 41.8 Å². The molecule has 25 heavy (non-hydrogen) atoms. The summed E-state index contributed by atoms with van der Waals surface area (Å²) in [5.74, 6) is -0.114. The van der Waals surface area contributed by atoms with Gasteiger partial charge in [0, 0.05) is 55.3 Å². The van der Waals surface area contributed by atoms with Crippen LogP contribution in [0.4, 0.5) is 5.69 Å². The van der Waals surface area contributed by atoms with Crippen molar-refractivity contribution in [2.75, 3.05) is 31.5 Å². The van der Waals surface area contributed by atoms with E-state index in [2.05, 4.69) is 34.7 Å². The van der Waals surface area contributed by atoms with Crippen molar-refractivity contribution in [1.29, 1.82) is 0 Å². The summed E-state index contributed by atoms with van der Waals surface area (Å²) in [6.07, 6.45) is 0. The van der Waals surface area contributed by atoms with Crippen LogP contribution in [0.1, 0.15) is 35.1 Å². The van der Waals surface area contributed by atoms with E-state index in [-0.39, 0.29) is 11.8 Å². The molecular formula is C19H23N3O2S. The number of thiophene rings is 1. The van der Waals surface area contributed by atoms with Crippen molar-refractivity contribution in [1.82, 2.24) is 9.80 Å². The summed E-state index contributed by atoms with van der Waals surface area (Å²) in [7, 11) is 0. The van der Waals surface area contributed by atoms with Gasteiger partial charge in [0.1, 0.15) is 0 Å². The predicted molar refractivity (Wildman–Crippen MR) is 101 cm³/mol. The van der Waals surface area contributed by atoms with E-state index >= 15 is 0 Å². The van der Waals surface area contributed by atoms with E-state index in [1.54, 1.807) is 35.6 Å². The van der Waals surface area contributed by atoms with Crippen LogP contribution >= 0.6 is 11.3 Å². The topological polar surface area (TPSA) is 52.7 Å². The molecule has 1 atom stereocenters. The molecule has 1 saturated heterocycles. The highest BCUT2D eigenvalue weighted by Crippen LogP contribution is 2.25. The highest BCUT2D eigenvalue weighted by Gasteiger charge is 2.25. The first-order valence-electron chi connectivity index (χ1n) is 8.49. The molecule has 2 amide bonds. The van der Waals surface area contributed by atoms with Crippen LogP contribution < -0.4 is 5.32 Å². The monoisotopic (exact) mass is 357 g/mol. The van der Waals surface area contributed by atoms with Gasteiger partial charge in [0.25, 0.3) is 5.91 Å². The number of hydrogen-bond donors (Lipinski definition) is 1. The van der Waals surface area contributed by atoms with E-state index in [9.17, 15) is 9.59 Å². The van der Waals surface area contributed by atoms with Crippen LogP contribution in [0.3, 0.4) is 0 Å². The molecule has 1 fully saturated rings. The van der Waals surface area contributed by atoms with Gasteiger partial charge in [-0.2, -0.15) is 0 Å². The van der Waals surface area contributed by atoms with Crippen molar-refractivity contribution in [3.63, 3.8) is 0 Å². The number of rotatable bonds is 4. The molecule has 1 N–H and O–H groups in total. The third-order valence-corrected chi connectivity index (χ3v) is 5.58. The molecule has 5 nitrogen and oxygen atoms in total. The van der Waals surface area contributed by atoms with Gasteiger partial charge in [0.15, 0.2) is 0 Å². The molecule has 0 saturated carbocycles. The lowest BCUT2D eigenvalue weighted by molar-refractivity contribution is -0.114. The van der Waals surface area contributed by atoms with Crippen molar-refractivity contribution in [2.45, 2.75) is 19.9 Å². The standard InChI is InChI=1S/C19H23N3O2S/c1-14(18-7-4-12-25-18)21-8-10-22(11-9-21)19(24)16-5-3-6-17(13-16)20-15(2)23/h3-7,12-14H,8-11H2,1-2H3,(H,20,23). The molecule has 1 aliphatic heterocycles. The van der Waals surface area contributed by atoms with Crippen LogP contribution in [0.2, 0.25) is 0 Å². The first-order valence-corrected chi connectivity index (χ1v) is 9.37. The predicted octanol–water partition coefficient (Wildman–Crippen LogP) is 3.23. The fourth-order valence-electron chi connectivity index (χ4n) is 3.14. The van der Waals surface area contributed by atoms with Crippen LogP contribution in [0, 0.1) is 0 Å². The SMILES string of the molecule is CC(=O)Nc1cccc(C(=O)N2CCN(C(C)c3cccs3)CC2)c1. The minimum Gasteiger partial charge on any atom is -0.336 e. The molecule has 0 bridgehead atoms. The number of anilines is 1. The molecule has 0 aliphatic carbocycles. The van der Waals surface area contributed by atoms with Gasteiger partial charge in [-0.15, -0.1) is 11.3 Å². The second-order valence-corrected chi connectivity index (χ2v) is 7.26. The van der Waals surface area contributed by atoms with Crippen LogP contribution in [-0.4, -0.2) is 47.8 Å². The van der Waals surface area contributed by atoms with E-state index in [1.165, 1.54) is 11.8 Å². The van der Waals surface area contributed by atoms with Crippen molar-refractivity contribution in [3.05, 3.63) is 52.2 Å². The van der Waals surface area contributed by atoms with Gasteiger partial charge in [-0.05, 0) is 36.6 Å². The van der Waals surface area contributed by atoms with E-state index in [1.807, 2.05) is 4.90 Å². The lowest BCUT2D eigenvalue weighted by atomic mass is 10.1. The number of carbonyl (C=O) groups excluding carboxylic acids is 2. The zero-order valence-electron chi connectivity index (χ0n) is 14.6. The molecule has 0 radical (unpaired) electrons. The Morgan fingerprint density at radius 3 is 2.52 bits per heavy atom. The van der Waals surface area contributed by atoms with Crippen molar-refractivity contribution in [2.24, 2.45) is 0 Å². The van der Waals surface area contributed by atoms with E-state index in [0.29, 0.717) is 17.3 Å². The Balaban J connectivity index is 1.61. The van der Waals surface area contributed by atoms with Crippen LogP contribution in [-0.2, 0) is 4.79 Å². The number of benzene rings is 1. The number of nitrogens with zero attached hydrogens (tertiary/aromatic N) is 2. The zero-order chi connectivity index (χ0) is 17.8. The summed E-state index contributed by atoms with van der Waals surface area (Å²) in [4.78, 5) is 29.6. The summed E-state index contributed by atoms with van der Waals surface area (Å²) in [6.45, 7) is 6.87. The van der Waals surface area contributed by atoms with Crippen LogP contribution in [0.25, 0.3) is 0 Å². The molecular weight excluding hydrogens is 334 g/mol. The number of amides is 2. The first-order chi connectivity index (χ1) is 12.0. The molecule has 1 aromatic heterocycles. The van der Waals surface area contributed by atoms with Gasteiger partial charge in [-0.25, -0.2) is 0 Å². The number of nitrogens with one attached hydrogen (secondary N) is 1. The molecule has 2 aromatic rings. The molecule has 1 unspecified atom stereocenters. The molecule has 3 rings (SSSR count). The minimum absolute atomic E-state index is 0.0237. The molecule has 1 aliphatic rings. The molecule has 2 heterocycles. The van der Waals surface area contributed by atoms with Gasteiger partial charge in [-0.1, -0.05) is 12.1 Å². The van der Waals surface area contributed by atoms with Crippen molar-refractivity contribution >= 4 is 28.8 Å². The molecule has 0 spiro atoms. The quantitative estimate of drug-likeness (QED) is 0.914. The minimum atomic E-state index is -0.138. The van der Waals surface area contributed by atoms with Crippen molar-refractivity contribution < 1.29 is 9.59 Å². The Kier molecular flexibility index (Phi) is 5.50. The Hall–Kier alpha value is -2.18. The van der Waals surface area contributed by atoms with E-state index in [0.717, 1.165) is 26.2 Å². The Labute approximate surface area is 152 Å². The number of carbonyl (C=O) groups is 2. The highest BCUT2D eigenvalue weighted by molar-refractivity contribution is 7.10. The van der Waals surface area contributed by atoms with Gasteiger partial charge in [0.2, 0.25) is 5.91 Å². The first kappa shape index (κ1) is 17.6. The fraction of sp³-hybridized carbons (Fsp3) is 0.368. The molecule has 1 aromatic carbocycles. The van der Waals surface area contributed by atoms with Gasteiger partial charge in [0.05, 0.1) is 0 Å². The maximum atomic E-state index is 12.7. The summed E-state index contributed by atoms with van der Waals surface area (Å²) in [5.41, 5.74) is 1.27. The van der Waals surface area contributed by atoms with Crippen molar-refractivity contribution in [3.8, 4) is 0 Å². The second-order valence-electron chi connectivity index (χ2n) is 6.28. The largest absolute Gasteiger partial charge is 0.336 e. The molecule has 132 valence electrons. The number of hydrogen-bond acceptors (Lipinski definition) is 4. The number of piperazine rings is 1. The van der Waals surface area contributed by atoms with Gasteiger partial charge >= 0.3 is 0 Å². The summed E-state index contributed by atoms with van der Waals surface area (Å²) in [6, 6.07) is 11.8. The normalized spacial score (nSPS) is 16.5. The Bertz CT molecular complexity index is 737. The maximum absolute atomic E-state index is 12.7. The van der Waals surface area contributed by atoms with E-state index in [4.69, 9.17) is 0 Å². The maximum Gasteiger partial charge on any atom is 0.254 e.